The molecule has 5 saturated heterocycles. The molecule has 5 aliphatic heterocycles. The molecule has 16 heteroatoms. The van der Waals surface area contributed by atoms with E-state index < -0.39 is 96.6 Å². The summed E-state index contributed by atoms with van der Waals surface area (Å²) in [6, 6.07) is 12.7. The van der Waals surface area contributed by atoms with Gasteiger partial charge in [0.1, 0.15) is 36.3 Å². The van der Waals surface area contributed by atoms with Crippen molar-refractivity contribution in [3.05, 3.63) is 71.8 Å². The molecule has 58 heavy (non-hydrogen) atoms. The lowest BCUT2D eigenvalue weighted by Crippen LogP contribution is -2.59. The van der Waals surface area contributed by atoms with Crippen molar-refractivity contribution < 1.29 is 38.4 Å². The van der Waals surface area contributed by atoms with Crippen LogP contribution in [0.15, 0.2) is 60.7 Å². The number of hydrogen-bond donors (Lipinski definition) is 4. The summed E-state index contributed by atoms with van der Waals surface area (Å²) in [5, 5.41) is 11.2. The number of hydrogen-bond acceptors (Lipinski definition) is 8. The number of rotatable bonds is 4. The lowest BCUT2D eigenvalue weighted by Gasteiger charge is -2.32. The van der Waals surface area contributed by atoms with E-state index in [1.165, 1.54) is 19.6 Å². The van der Waals surface area contributed by atoms with Gasteiger partial charge in [0.15, 0.2) is 0 Å². The average molecular weight is 797 g/mol. The van der Waals surface area contributed by atoms with Crippen LogP contribution in [-0.4, -0.2) is 142 Å². The van der Waals surface area contributed by atoms with Crippen LogP contribution in [0.25, 0.3) is 0 Å². The molecule has 6 atom stereocenters. The minimum absolute atomic E-state index is 0.146. The lowest BCUT2D eigenvalue weighted by molar-refractivity contribution is -0.145. The van der Waals surface area contributed by atoms with Crippen LogP contribution in [0.4, 0.5) is 0 Å². The molecular formula is C42H52N8O8. The van der Waals surface area contributed by atoms with Gasteiger partial charge in [0.05, 0.1) is 13.1 Å². The third kappa shape index (κ3) is 9.00. The van der Waals surface area contributed by atoms with Crippen LogP contribution in [0.5, 0.6) is 0 Å². The van der Waals surface area contributed by atoms with Gasteiger partial charge in [-0.3, -0.25) is 38.4 Å². The molecule has 16 nitrogen and oxygen atoms in total. The fraction of sp³-hybridized carbons (Fsp3) is 0.524. The Hall–Kier alpha value is -5.80. The van der Waals surface area contributed by atoms with Crippen LogP contribution >= 0.6 is 0 Å². The van der Waals surface area contributed by atoms with E-state index in [0.29, 0.717) is 51.4 Å². The maximum atomic E-state index is 14.3. The Labute approximate surface area is 337 Å². The number of nitrogens with one attached hydrogen (secondary N) is 4. The Morgan fingerprint density at radius 3 is 1.12 bits per heavy atom. The second-order valence-corrected chi connectivity index (χ2v) is 15.8. The van der Waals surface area contributed by atoms with E-state index in [-0.39, 0.29) is 39.0 Å². The second-order valence-electron chi connectivity index (χ2n) is 15.8. The van der Waals surface area contributed by atoms with E-state index in [2.05, 4.69) is 21.3 Å². The number of benzene rings is 2. The number of carbonyl (C=O) groups is 8. The fourth-order valence-corrected chi connectivity index (χ4v) is 9.08. The summed E-state index contributed by atoms with van der Waals surface area (Å²) in [4.78, 5) is 117. The summed E-state index contributed by atoms with van der Waals surface area (Å²) in [6.45, 7) is 0.321. The molecule has 5 fully saturated rings. The van der Waals surface area contributed by atoms with E-state index >= 15 is 0 Å². The normalized spacial score (nSPS) is 28.2. The molecule has 0 saturated carbocycles. The molecule has 4 N–H and O–H groups in total. The SMILES string of the molecule is O=C1N[C@@H](Cc2ccccc2)C(=O)N2CCC[C@H]2C(=O)NCC(=O)N2CCC[C@H]2C(=O)N[C@@H](Cc2ccccc2)C(=O)N2CCC[C@H]2C(=O)NCC(=O)N2CCC[C@@H]12. The second kappa shape index (κ2) is 18.2. The van der Waals surface area contributed by atoms with Gasteiger partial charge in [-0.2, -0.15) is 0 Å². The summed E-state index contributed by atoms with van der Waals surface area (Å²) in [7, 11) is 0. The highest BCUT2D eigenvalue weighted by molar-refractivity contribution is 5.98. The molecule has 308 valence electrons. The van der Waals surface area contributed by atoms with Crippen molar-refractivity contribution in [2.45, 2.75) is 100 Å². The van der Waals surface area contributed by atoms with Crippen molar-refractivity contribution in [2.75, 3.05) is 39.3 Å². The van der Waals surface area contributed by atoms with Crippen LogP contribution in [0.2, 0.25) is 0 Å². The van der Waals surface area contributed by atoms with Gasteiger partial charge in [0, 0.05) is 39.0 Å². The van der Waals surface area contributed by atoms with Crippen molar-refractivity contribution in [2.24, 2.45) is 0 Å². The predicted molar refractivity (Wildman–Crippen MR) is 209 cm³/mol. The van der Waals surface area contributed by atoms with Crippen molar-refractivity contribution in [1.82, 2.24) is 40.9 Å². The summed E-state index contributed by atoms with van der Waals surface area (Å²) >= 11 is 0. The highest BCUT2D eigenvalue weighted by Crippen LogP contribution is 2.24. The topological polar surface area (TPSA) is 198 Å². The Balaban J connectivity index is 1.16. The first-order valence-corrected chi connectivity index (χ1v) is 20.5. The minimum Gasteiger partial charge on any atom is -0.345 e. The molecule has 7 rings (SSSR count). The third-order valence-corrected chi connectivity index (χ3v) is 12.1. The average Bonchev–Trinajstić information content (AvgIpc) is 4.08. The van der Waals surface area contributed by atoms with Crippen LogP contribution < -0.4 is 21.3 Å². The third-order valence-electron chi connectivity index (χ3n) is 12.1. The van der Waals surface area contributed by atoms with Crippen molar-refractivity contribution in [1.29, 1.82) is 0 Å². The van der Waals surface area contributed by atoms with E-state index in [1.807, 2.05) is 60.7 Å². The number of fused-ring (bicyclic) bond motifs is 4. The zero-order valence-electron chi connectivity index (χ0n) is 32.6. The van der Waals surface area contributed by atoms with Gasteiger partial charge >= 0.3 is 0 Å². The van der Waals surface area contributed by atoms with Gasteiger partial charge in [0.2, 0.25) is 47.3 Å². The summed E-state index contributed by atoms with van der Waals surface area (Å²) < 4.78 is 0. The smallest absolute Gasteiger partial charge is 0.246 e. The number of amides is 8. The van der Waals surface area contributed by atoms with Crippen molar-refractivity contribution in [3.8, 4) is 0 Å². The highest BCUT2D eigenvalue weighted by Gasteiger charge is 2.43. The van der Waals surface area contributed by atoms with E-state index in [9.17, 15) is 38.4 Å². The maximum absolute atomic E-state index is 14.3. The summed E-state index contributed by atoms with van der Waals surface area (Å²) in [5.74, 6) is -3.88. The van der Waals surface area contributed by atoms with Gasteiger partial charge in [-0.1, -0.05) is 60.7 Å². The van der Waals surface area contributed by atoms with Crippen molar-refractivity contribution >= 4 is 47.3 Å². The molecule has 0 aliphatic carbocycles. The van der Waals surface area contributed by atoms with Crippen LogP contribution in [0.1, 0.15) is 62.5 Å². The monoisotopic (exact) mass is 796 g/mol. The first kappa shape index (κ1) is 40.4. The van der Waals surface area contributed by atoms with Crippen LogP contribution in [0.3, 0.4) is 0 Å². The van der Waals surface area contributed by atoms with Gasteiger partial charge < -0.3 is 40.9 Å². The molecule has 0 unspecified atom stereocenters. The Kier molecular flexibility index (Phi) is 12.7. The molecule has 0 aromatic heterocycles. The Bertz CT molecular complexity index is 1760. The van der Waals surface area contributed by atoms with Crippen LogP contribution in [0, 0.1) is 0 Å². The van der Waals surface area contributed by atoms with E-state index in [0.717, 1.165) is 11.1 Å². The van der Waals surface area contributed by atoms with Gasteiger partial charge in [0.25, 0.3) is 0 Å². The molecule has 0 bridgehead atoms. The van der Waals surface area contributed by atoms with Gasteiger partial charge in [-0.25, -0.2) is 0 Å². The number of nitrogens with zero attached hydrogens (tertiary/aromatic N) is 4. The molecule has 2 aromatic carbocycles. The molecule has 5 heterocycles. The Morgan fingerprint density at radius 1 is 0.431 bits per heavy atom. The molecular weight excluding hydrogens is 745 g/mol. The fourth-order valence-electron chi connectivity index (χ4n) is 9.08. The van der Waals surface area contributed by atoms with Gasteiger partial charge in [-0.15, -0.1) is 0 Å². The summed E-state index contributed by atoms with van der Waals surface area (Å²) in [5.41, 5.74) is 1.58. The molecule has 5 aliphatic rings. The lowest BCUT2D eigenvalue weighted by atomic mass is 10.0. The standard InChI is InChI=1S/C42H52N8O8/c51-35-25-44-38(54)32-16-10-22-50(32)42(58)30(24-28-13-5-2-6-14-28)46-40(56)34-18-8-20-48(34)36(52)26-43-37(53)31-15-9-21-49(31)41(57)29(23-27-11-3-1-4-12-27)45-39(55)33-17-7-19-47(33)35/h1-6,11-14,29-34H,7-10,15-26H2,(H,43,53)(H,44,54)(H,45,55)(H,46,56)/t29-,30-,31-,32-,33-,34-/m0/s1. The zero-order valence-corrected chi connectivity index (χ0v) is 32.6. The molecule has 0 radical (unpaired) electrons. The molecule has 2 aromatic rings. The van der Waals surface area contributed by atoms with E-state index in [1.54, 1.807) is 0 Å². The largest absolute Gasteiger partial charge is 0.345 e. The summed E-state index contributed by atoms with van der Waals surface area (Å²) in [6.07, 6.45) is 3.89. The predicted octanol–water partition coefficient (Wildman–Crippen LogP) is -0.349. The maximum Gasteiger partial charge on any atom is 0.246 e. The number of carbonyl (C=O) groups excluding carboxylic acids is 8. The highest BCUT2D eigenvalue weighted by atomic mass is 16.2. The van der Waals surface area contributed by atoms with Crippen molar-refractivity contribution in [3.63, 3.8) is 0 Å². The first-order valence-electron chi connectivity index (χ1n) is 20.5. The molecule has 0 spiro atoms. The quantitative estimate of drug-likeness (QED) is 0.322. The minimum atomic E-state index is -1.05. The Morgan fingerprint density at radius 2 is 0.759 bits per heavy atom. The van der Waals surface area contributed by atoms with E-state index in [4.69, 9.17) is 0 Å². The first-order chi connectivity index (χ1) is 28.1. The van der Waals surface area contributed by atoms with Gasteiger partial charge in [-0.05, 0) is 62.5 Å². The van der Waals surface area contributed by atoms with Crippen LogP contribution in [-0.2, 0) is 51.2 Å². The zero-order chi connectivity index (χ0) is 40.8. The molecule has 8 amide bonds.